The fraction of sp³-hybridized carbons (Fsp3) is 0.0769. The van der Waals surface area contributed by atoms with Crippen LogP contribution in [-0.2, 0) is 11.2 Å². The van der Waals surface area contributed by atoms with E-state index in [1.165, 1.54) is 24.4 Å². The van der Waals surface area contributed by atoms with Crippen molar-refractivity contribution in [3.63, 3.8) is 0 Å². The van der Waals surface area contributed by atoms with Crippen molar-refractivity contribution in [2.45, 2.75) is 6.42 Å². The van der Waals surface area contributed by atoms with Crippen LogP contribution in [0.2, 0.25) is 15.1 Å². The molecule has 0 atom stereocenters. The van der Waals surface area contributed by atoms with Gasteiger partial charge in [-0.3, -0.25) is 9.59 Å². The van der Waals surface area contributed by atoms with Crippen LogP contribution in [0.1, 0.15) is 5.56 Å². The Balaban J connectivity index is 2.76. The van der Waals surface area contributed by atoms with Gasteiger partial charge in [-0.15, -0.1) is 0 Å². The van der Waals surface area contributed by atoms with E-state index in [4.69, 9.17) is 39.9 Å². The number of pyridine rings is 1. The summed E-state index contributed by atoms with van der Waals surface area (Å²) in [6.07, 6.45) is 1.07. The summed E-state index contributed by atoms with van der Waals surface area (Å²) in [6, 6.07) is 4.40. The van der Waals surface area contributed by atoms with Crippen LogP contribution in [0.25, 0.3) is 11.1 Å². The molecule has 7 heteroatoms. The van der Waals surface area contributed by atoms with Gasteiger partial charge >= 0.3 is 5.97 Å². The maximum absolute atomic E-state index is 12.0. The molecule has 0 unspecified atom stereocenters. The molecule has 20 heavy (non-hydrogen) atoms. The smallest absolute Gasteiger partial charge is 0.307 e. The van der Waals surface area contributed by atoms with Gasteiger partial charge in [0, 0.05) is 16.8 Å². The van der Waals surface area contributed by atoms with Gasteiger partial charge in [0.2, 0.25) is 0 Å². The largest absolute Gasteiger partial charge is 0.481 e. The Hall–Kier alpha value is -1.49. The average molecular weight is 333 g/mol. The summed E-state index contributed by atoms with van der Waals surface area (Å²) in [5.74, 6) is -1.06. The van der Waals surface area contributed by atoms with Crippen LogP contribution in [0, 0.1) is 0 Å². The van der Waals surface area contributed by atoms with Gasteiger partial charge in [-0.05, 0) is 23.8 Å². The van der Waals surface area contributed by atoms with Gasteiger partial charge in [0.15, 0.2) is 0 Å². The van der Waals surface area contributed by atoms with Crippen LogP contribution in [0.3, 0.4) is 0 Å². The van der Waals surface area contributed by atoms with Gasteiger partial charge in [0.05, 0.1) is 22.0 Å². The molecule has 1 aromatic carbocycles. The van der Waals surface area contributed by atoms with Crippen molar-refractivity contribution in [2.24, 2.45) is 0 Å². The SMILES string of the molecule is O=C(O)Cc1cc[nH]c(=O)c1-c1c(Cl)cc(Cl)cc1Cl. The van der Waals surface area contributed by atoms with E-state index in [0.717, 1.165) is 0 Å². The van der Waals surface area contributed by atoms with Crippen LogP contribution in [-0.4, -0.2) is 16.1 Å². The number of aliphatic carboxylic acids is 1. The molecule has 0 amide bonds. The lowest BCUT2D eigenvalue weighted by Crippen LogP contribution is -2.14. The lowest BCUT2D eigenvalue weighted by molar-refractivity contribution is -0.136. The van der Waals surface area contributed by atoms with Crippen molar-refractivity contribution in [3.8, 4) is 11.1 Å². The maximum atomic E-state index is 12.0. The molecule has 0 saturated carbocycles. The first-order valence-corrected chi connectivity index (χ1v) is 6.61. The highest BCUT2D eigenvalue weighted by Gasteiger charge is 2.18. The highest BCUT2D eigenvalue weighted by atomic mass is 35.5. The van der Waals surface area contributed by atoms with E-state index in [1.807, 2.05) is 0 Å². The summed E-state index contributed by atoms with van der Waals surface area (Å²) in [4.78, 5) is 25.4. The normalized spacial score (nSPS) is 10.6. The van der Waals surface area contributed by atoms with Crippen molar-refractivity contribution in [3.05, 3.63) is 55.4 Å². The number of carboxylic acids is 1. The quantitative estimate of drug-likeness (QED) is 0.901. The minimum atomic E-state index is -1.06. The molecule has 0 saturated heterocycles. The summed E-state index contributed by atoms with van der Waals surface area (Å²) < 4.78 is 0. The molecule has 0 aliphatic rings. The zero-order valence-corrected chi connectivity index (χ0v) is 12.2. The fourth-order valence-corrected chi connectivity index (χ4v) is 2.89. The third-order valence-electron chi connectivity index (χ3n) is 2.65. The van der Waals surface area contributed by atoms with Crippen LogP contribution in [0.15, 0.2) is 29.2 Å². The Morgan fingerprint density at radius 3 is 2.30 bits per heavy atom. The van der Waals surface area contributed by atoms with Crippen LogP contribution >= 0.6 is 34.8 Å². The van der Waals surface area contributed by atoms with E-state index in [-0.39, 0.29) is 27.6 Å². The van der Waals surface area contributed by atoms with Gasteiger partial charge in [-0.2, -0.15) is 0 Å². The summed E-state index contributed by atoms with van der Waals surface area (Å²) >= 11 is 18.0. The molecule has 2 aromatic rings. The molecule has 4 nitrogen and oxygen atoms in total. The van der Waals surface area contributed by atoms with E-state index in [9.17, 15) is 9.59 Å². The molecule has 0 radical (unpaired) electrons. The summed E-state index contributed by atoms with van der Waals surface area (Å²) in [5.41, 5.74) is 0.277. The zero-order valence-electron chi connectivity index (χ0n) is 9.91. The molecular weight excluding hydrogens is 325 g/mol. The molecule has 2 rings (SSSR count). The fourth-order valence-electron chi connectivity index (χ4n) is 1.88. The van der Waals surface area contributed by atoms with Crippen molar-refractivity contribution >= 4 is 40.8 Å². The number of aromatic nitrogens is 1. The molecule has 104 valence electrons. The van der Waals surface area contributed by atoms with Crippen molar-refractivity contribution in [2.75, 3.05) is 0 Å². The van der Waals surface area contributed by atoms with Crippen molar-refractivity contribution < 1.29 is 9.90 Å². The molecule has 0 fully saturated rings. The molecular formula is C13H8Cl3NO3. The van der Waals surface area contributed by atoms with Crippen LogP contribution in [0.4, 0.5) is 0 Å². The van der Waals surface area contributed by atoms with E-state index >= 15 is 0 Å². The minimum absolute atomic E-state index is 0.140. The lowest BCUT2D eigenvalue weighted by Gasteiger charge is -2.11. The van der Waals surface area contributed by atoms with Crippen LogP contribution in [0.5, 0.6) is 0 Å². The number of rotatable bonds is 3. The van der Waals surface area contributed by atoms with Gasteiger partial charge in [0.1, 0.15) is 0 Å². The number of halogens is 3. The van der Waals surface area contributed by atoms with E-state index in [1.54, 1.807) is 0 Å². The third kappa shape index (κ3) is 2.98. The Labute approximate surface area is 128 Å². The van der Waals surface area contributed by atoms with E-state index in [2.05, 4.69) is 4.98 Å². The topological polar surface area (TPSA) is 70.2 Å². The molecule has 0 aliphatic carbocycles. The first-order chi connectivity index (χ1) is 9.40. The number of hydrogen-bond donors (Lipinski definition) is 2. The van der Waals surface area contributed by atoms with Crippen molar-refractivity contribution in [1.82, 2.24) is 4.98 Å². The van der Waals surface area contributed by atoms with Crippen molar-refractivity contribution in [1.29, 1.82) is 0 Å². The number of aromatic amines is 1. The summed E-state index contributed by atoms with van der Waals surface area (Å²) in [7, 11) is 0. The molecule has 2 N–H and O–H groups in total. The zero-order chi connectivity index (χ0) is 14.9. The molecule has 1 aromatic heterocycles. The monoisotopic (exact) mass is 331 g/mol. The Morgan fingerprint density at radius 1 is 1.15 bits per heavy atom. The first-order valence-electron chi connectivity index (χ1n) is 5.47. The Bertz CT molecular complexity index is 717. The van der Waals surface area contributed by atoms with Crippen LogP contribution < -0.4 is 5.56 Å². The Kier molecular flexibility index (Phi) is 4.38. The highest BCUT2D eigenvalue weighted by molar-refractivity contribution is 6.41. The number of nitrogens with one attached hydrogen (secondary N) is 1. The van der Waals surface area contributed by atoms with E-state index in [0.29, 0.717) is 10.6 Å². The number of H-pyrrole nitrogens is 1. The first kappa shape index (κ1) is 14.9. The van der Waals surface area contributed by atoms with Gasteiger partial charge in [0.25, 0.3) is 5.56 Å². The second-order valence-corrected chi connectivity index (χ2v) is 5.27. The Morgan fingerprint density at radius 2 is 1.75 bits per heavy atom. The number of benzene rings is 1. The predicted octanol–water partition coefficient (Wildman–Crippen LogP) is 3.63. The number of hydrogen-bond acceptors (Lipinski definition) is 2. The van der Waals surface area contributed by atoms with Gasteiger partial charge in [-0.25, -0.2) is 0 Å². The molecule has 0 bridgehead atoms. The molecule has 1 heterocycles. The number of carboxylic acid groups (broad SMARTS) is 1. The predicted molar refractivity (Wildman–Crippen MR) is 78.9 cm³/mol. The highest BCUT2D eigenvalue weighted by Crippen LogP contribution is 2.37. The minimum Gasteiger partial charge on any atom is -0.481 e. The molecule has 0 aliphatic heterocycles. The second kappa shape index (κ2) is 5.87. The maximum Gasteiger partial charge on any atom is 0.307 e. The second-order valence-electron chi connectivity index (χ2n) is 4.02. The summed E-state index contributed by atoms with van der Waals surface area (Å²) in [6.45, 7) is 0. The lowest BCUT2D eigenvalue weighted by atomic mass is 9.99. The van der Waals surface area contributed by atoms with Gasteiger partial charge in [-0.1, -0.05) is 34.8 Å². The average Bonchev–Trinajstić information content (AvgIpc) is 2.30. The number of carbonyl (C=O) groups is 1. The summed E-state index contributed by atoms with van der Waals surface area (Å²) in [5, 5.41) is 9.61. The third-order valence-corrected chi connectivity index (χ3v) is 3.46. The standard InChI is InChI=1S/C13H8Cl3NO3/c14-7-4-8(15)12(9(16)5-7)11-6(3-10(18)19)1-2-17-13(11)20/h1-2,4-5H,3H2,(H,17,20)(H,18,19). The molecule has 0 spiro atoms. The van der Waals surface area contributed by atoms with E-state index < -0.39 is 11.5 Å². The van der Waals surface area contributed by atoms with Gasteiger partial charge < -0.3 is 10.1 Å².